The number of piperidine rings is 1. The predicted octanol–water partition coefficient (Wildman–Crippen LogP) is 4.94. The second-order valence-corrected chi connectivity index (χ2v) is 8.88. The van der Waals surface area contributed by atoms with Crippen molar-refractivity contribution in [2.75, 3.05) is 18.0 Å². The van der Waals surface area contributed by atoms with E-state index in [2.05, 4.69) is 17.9 Å². The monoisotopic (exact) mass is 402 g/mol. The summed E-state index contributed by atoms with van der Waals surface area (Å²) in [7, 11) is 0. The standard InChI is InChI=1S/C26H30N2O2/c1-16-11-13-27(14-12-16)24-23(21-10-9-17(2)15-19(21)4)25(29)28(26(24)30)22-8-6-7-18(3)20(22)5/h6-10,15-16H,11-14H2,1-5H3. The molecule has 0 unspecified atom stereocenters. The number of imide groups is 1. The fourth-order valence-corrected chi connectivity index (χ4v) is 4.58. The van der Waals surface area contributed by atoms with Crippen molar-refractivity contribution >= 4 is 23.1 Å². The highest BCUT2D eigenvalue weighted by Crippen LogP contribution is 2.38. The van der Waals surface area contributed by atoms with Gasteiger partial charge in [-0.2, -0.15) is 0 Å². The van der Waals surface area contributed by atoms with Crippen molar-refractivity contribution in [2.45, 2.75) is 47.5 Å². The lowest BCUT2D eigenvalue weighted by atomic mass is 9.95. The van der Waals surface area contributed by atoms with Gasteiger partial charge in [0.25, 0.3) is 11.8 Å². The average Bonchev–Trinajstić information content (AvgIpc) is 2.95. The van der Waals surface area contributed by atoms with E-state index in [1.165, 1.54) is 4.90 Å². The van der Waals surface area contributed by atoms with Gasteiger partial charge in [-0.25, -0.2) is 4.90 Å². The van der Waals surface area contributed by atoms with Crippen LogP contribution in [0.1, 0.15) is 47.6 Å². The summed E-state index contributed by atoms with van der Waals surface area (Å²) in [6, 6.07) is 11.9. The number of nitrogens with zero attached hydrogens (tertiary/aromatic N) is 2. The second kappa shape index (κ2) is 7.75. The topological polar surface area (TPSA) is 40.6 Å². The maximum absolute atomic E-state index is 13.8. The van der Waals surface area contributed by atoms with E-state index in [-0.39, 0.29) is 11.8 Å². The zero-order valence-corrected chi connectivity index (χ0v) is 18.6. The first-order chi connectivity index (χ1) is 14.3. The molecule has 1 fully saturated rings. The molecule has 1 saturated heterocycles. The Morgan fingerprint density at radius 2 is 1.57 bits per heavy atom. The number of aryl methyl sites for hydroxylation is 3. The molecule has 0 aromatic heterocycles. The fraction of sp³-hybridized carbons (Fsp3) is 0.385. The molecule has 4 nitrogen and oxygen atoms in total. The smallest absolute Gasteiger partial charge is 0.282 e. The van der Waals surface area contributed by atoms with Gasteiger partial charge in [-0.15, -0.1) is 0 Å². The van der Waals surface area contributed by atoms with Crippen molar-refractivity contribution in [3.8, 4) is 0 Å². The van der Waals surface area contributed by atoms with Crippen LogP contribution in [0.4, 0.5) is 5.69 Å². The van der Waals surface area contributed by atoms with E-state index in [0.29, 0.717) is 22.9 Å². The Kier molecular flexibility index (Phi) is 5.27. The van der Waals surface area contributed by atoms with Crippen molar-refractivity contribution in [3.05, 3.63) is 69.9 Å². The van der Waals surface area contributed by atoms with Crippen LogP contribution in [0.5, 0.6) is 0 Å². The largest absolute Gasteiger partial charge is 0.366 e. The predicted molar refractivity (Wildman–Crippen MR) is 121 cm³/mol. The fourth-order valence-electron chi connectivity index (χ4n) is 4.58. The van der Waals surface area contributed by atoms with E-state index in [9.17, 15) is 9.59 Å². The summed E-state index contributed by atoms with van der Waals surface area (Å²) in [4.78, 5) is 31.0. The number of rotatable bonds is 3. The molecule has 0 spiro atoms. The molecule has 4 heteroatoms. The summed E-state index contributed by atoms with van der Waals surface area (Å²) in [6.45, 7) is 11.9. The zero-order valence-electron chi connectivity index (χ0n) is 18.6. The highest BCUT2D eigenvalue weighted by Gasteiger charge is 2.43. The summed E-state index contributed by atoms with van der Waals surface area (Å²) in [6.07, 6.45) is 2.07. The van der Waals surface area contributed by atoms with Gasteiger partial charge >= 0.3 is 0 Å². The van der Waals surface area contributed by atoms with Gasteiger partial charge in [0.2, 0.25) is 0 Å². The summed E-state index contributed by atoms with van der Waals surface area (Å²) in [5, 5.41) is 0. The number of carbonyl (C=O) groups is 2. The molecule has 30 heavy (non-hydrogen) atoms. The molecular formula is C26H30N2O2. The molecule has 0 atom stereocenters. The Morgan fingerprint density at radius 3 is 2.23 bits per heavy atom. The van der Waals surface area contributed by atoms with Crippen LogP contribution >= 0.6 is 0 Å². The van der Waals surface area contributed by atoms with Crippen molar-refractivity contribution in [1.82, 2.24) is 4.90 Å². The molecule has 2 aromatic carbocycles. The van der Waals surface area contributed by atoms with Crippen LogP contribution in [0.25, 0.3) is 5.57 Å². The van der Waals surface area contributed by atoms with Gasteiger partial charge < -0.3 is 4.90 Å². The van der Waals surface area contributed by atoms with E-state index in [1.54, 1.807) is 0 Å². The van der Waals surface area contributed by atoms with E-state index in [1.807, 2.05) is 58.0 Å². The Balaban J connectivity index is 1.87. The van der Waals surface area contributed by atoms with Crippen LogP contribution in [0.3, 0.4) is 0 Å². The molecule has 0 bridgehead atoms. The first-order valence-electron chi connectivity index (χ1n) is 10.8. The highest BCUT2D eigenvalue weighted by molar-refractivity contribution is 6.45. The van der Waals surface area contributed by atoms with Crippen LogP contribution in [-0.4, -0.2) is 29.8 Å². The van der Waals surface area contributed by atoms with Crippen LogP contribution in [0.15, 0.2) is 42.1 Å². The third-order valence-corrected chi connectivity index (χ3v) is 6.63. The van der Waals surface area contributed by atoms with Gasteiger partial charge in [0.1, 0.15) is 5.70 Å². The van der Waals surface area contributed by atoms with Crippen molar-refractivity contribution in [3.63, 3.8) is 0 Å². The number of hydrogen-bond donors (Lipinski definition) is 0. The van der Waals surface area contributed by atoms with Crippen molar-refractivity contribution in [2.24, 2.45) is 5.92 Å². The summed E-state index contributed by atoms with van der Waals surface area (Å²) < 4.78 is 0. The lowest BCUT2D eigenvalue weighted by Gasteiger charge is -2.33. The van der Waals surface area contributed by atoms with Gasteiger partial charge in [0.05, 0.1) is 11.3 Å². The molecule has 4 rings (SSSR count). The third-order valence-electron chi connectivity index (χ3n) is 6.63. The number of hydrogen-bond acceptors (Lipinski definition) is 3. The lowest BCUT2D eigenvalue weighted by molar-refractivity contribution is -0.120. The number of amides is 2. The lowest BCUT2D eigenvalue weighted by Crippen LogP contribution is -2.38. The van der Waals surface area contributed by atoms with Crippen LogP contribution in [-0.2, 0) is 9.59 Å². The molecule has 0 aliphatic carbocycles. The third kappa shape index (κ3) is 3.34. The second-order valence-electron chi connectivity index (χ2n) is 8.88. The molecule has 0 saturated carbocycles. The maximum Gasteiger partial charge on any atom is 0.282 e. The Morgan fingerprint density at radius 1 is 0.867 bits per heavy atom. The van der Waals surface area contributed by atoms with E-state index in [0.717, 1.165) is 53.7 Å². The van der Waals surface area contributed by atoms with Gasteiger partial charge in [-0.1, -0.05) is 42.8 Å². The SMILES string of the molecule is Cc1ccc(C2=C(N3CCC(C)CC3)C(=O)N(c3cccc(C)c3C)C2=O)c(C)c1. The van der Waals surface area contributed by atoms with Crippen LogP contribution < -0.4 is 4.90 Å². The van der Waals surface area contributed by atoms with Crippen LogP contribution in [0.2, 0.25) is 0 Å². The summed E-state index contributed by atoms with van der Waals surface area (Å²) >= 11 is 0. The number of benzene rings is 2. The highest BCUT2D eigenvalue weighted by atomic mass is 16.2. The van der Waals surface area contributed by atoms with E-state index < -0.39 is 0 Å². The molecule has 2 amide bonds. The first-order valence-corrected chi connectivity index (χ1v) is 10.8. The van der Waals surface area contributed by atoms with Crippen molar-refractivity contribution < 1.29 is 9.59 Å². The number of likely N-dealkylation sites (tertiary alicyclic amines) is 1. The van der Waals surface area contributed by atoms with Gasteiger partial charge in [0.15, 0.2) is 0 Å². The van der Waals surface area contributed by atoms with Gasteiger partial charge in [0, 0.05) is 13.1 Å². The molecule has 2 heterocycles. The van der Waals surface area contributed by atoms with Crippen molar-refractivity contribution in [1.29, 1.82) is 0 Å². The number of carbonyl (C=O) groups excluding carboxylic acids is 2. The summed E-state index contributed by atoms with van der Waals surface area (Å²) in [5.41, 5.74) is 6.88. The Bertz CT molecular complexity index is 1060. The van der Waals surface area contributed by atoms with Crippen LogP contribution in [0, 0.1) is 33.6 Å². The molecule has 0 radical (unpaired) electrons. The minimum Gasteiger partial charge on any atom is -0.366 e. The molecule has 2 aromatic rings. The maximum atomic E-state index is 13.8. The molecular weight excluding hydrogens is 372 g/mol. The minimum atomic E-state index is -0.214. The quantitative estimate of drug-likeness (QED) is 0.683. The Hall–Kier alpha value is -2.88. The average molecular weight is 403 g/mol. The zero-order chi connectivity index (χ0) is 21.6. The first kappa shape index (κ1) is 20.4. The Labute approximate surface area is 179 Å². The number of anilines is 1. The van der Waals surface area contributed by atoms with Gasteiger partial charge in [-0.3, -0.25) is 9.59 Å². The molecule has 156 valence electrons. The molecule has 2 aliphatic heterocycles. The normalized spacial score (nSPS) is 18.0. The van der Waals surface area contributed by atoms with Gasteiger partial charge in [-0.05, 0) is 74.8 Å². The minimum absolute atomic E-state index is 0.196. The summed E-state index contributed by atoms with van der Waals surface area (Å²) in [5.74, 6) is 0.237. The van der Waals surface area contributed by atoms with E-state index >= 15 is 0 Å². The molecule has 2 aliphatic rings. The van der Waals surface area contributed by atoms with E-state index in [4.69, 9.17) is 0 Å². The molecule has 0 N–H and O–H groups in total.